The molecule has 0 atom stereocenters. The fraction of sp³-hybridized carbons (Fsp3) is 0.455. The molecule has 0 amide bonds. The first-order chi connectivity index (χ1) is 7.90. The molecule has 0 radical (unpaired) electrons. The molecule has 2 N–H and O–H groups in total. The minimum atomic E-state index is 0.613. The number of aldehydes is 1. The smallest absolute Gasteiger partial charge is 0.151 e. The van der Waals surface area contributed by atoms with Gasteiger partial charge < -0.3 is 15.4 Å². The van der Waals surface area contributed by atoms with Gasteiger partial charge in [0.15, 0.2) is 6.29 Å². The molecule has 1 aliphatic rings. The normalized spacial score (nSPS) is 15.0. The molecule has 2 heterocycles. The molecule has 1 aromatic rings. The number of rotatable bonds is 2. The van der Waals surface area contributed by atoms with Crippen LogP contribution in [0.15, 0.2) is 18.3 Å². The number of anilines is 1. The Kier molecular flexibility index (Phi) is 5.45. The maximum absolute atomic E-state index is 10.4. The van der Waals surface area contributed by atoms with Gasteiger partial charge >= 0.3 is 0 Å². The molecule has 5 heteroatoms. The van der Waals surface area contributed by atoms with Gasteiger partial charge in [0.2, 0.25) is 0 Å². The average molecular weight is 223 g/mol. The van der Waals surface area contributed by atoms with Gasteiger partial charge in [0.05, 0.1) is 13.2 Å². The number of carbonyl (C=O) groups excluding carboxylic acids is 1. The van der Waals surface area contributed by atoms with Crippen LogP contribution in [-0.4, -0.2) is 44.6 Å². The van der Waals surface area contributed by atoms with E-state index in [-0.39, 0.29) is 0 Å². The predicted octanol–water partition coefficient (Wildman–Crippen LogP) is 0.306. The molecular weight excluding hydrogens is 206 g/mol. The largest absolute Gasteiger partial charge is 0.378 e. The summed E-state index contributed by atoms with van der Waals surface area (Å²) in [4.78, 5) is 16.8. The van der Waals surface area contributed by atoms with Crippen molar-refractivity contribution >= 4 is 12.1 Å². The van der Waals surface area contributed by atoms with Crippen LogP contribution in [0, 0.1) is 0 Å². The fourth-order valence-corrected chi connectivity index (χ4v) is 1.45. The van der Waals surface area contributed by atoms with Crippen LogP contribution in [0.25, 0.3) is 0 Å². The molecule has 0 saturated carbocycles. The van der Waals surface area contributed by atoms with Gasteiger partial charge in [0.25, 0.3) is 0 Å². The van der Waals surface area contributed by atoms with Gasteiger partial charge in [-0.25, -0.2) is 4.98 Å². The monoisotopic (exact) mass is 223 g/mol. The predicted molar refractivity (Wildman–Crippen MR) is 62.8 cm³/mol. The Morgan fingerprint density at radius 3 is 2.56 bits per heavy atom. The molecule has 0 aromatic carbocycles. The van der Waals surface area contributed by atoms with Crippen LogP contribution in [0.4, 0.5) is 5.82 Å². The third kappa shape index (κ3) is 3.29. The summed E-state index contributed by atoms with van der Waals surface area (Å²) in [5.41, 5.74) is 5.11. The van der Waals surface area contributed by atoms with Crippen LogP contribution in [0.2, 0.25) is 0 Å². The van der Waals surface area contributed by atoms with Crippen molar-refractivity contribution in [3.05, 3.63) is 23.9 Å². The lowest BCUT2D eigenvalue weighted by Crippen LogP contribution is -2.36. The second kappa shape index (κ2) is 6.92. The SMILES string of the molecule is CN.O=Cc1ccc(N2CCOCC2)nc1. The fourth-order valence-electron chi connectivity index (χ4n) is 1.45. The number of ether oxygens (including phenoxy) is 1. The molecule has 0 spiro atoms. The van der Waals surface area contributed by atoms with E-state index in [1.165, 1.54) is 7.05 Å². The van der Waals surface area contributed by atoms with Gasteiger partial charge in [-0.1, -0.05) is 0 Å². The highest BCUT2D eigenvalue weighted by Crippen LogP contribution is 2.11. The third-order valence-corrected chi connectivity index (χ3v) is 2.24. The molecule has 1 aliphatic heterocycles. The summed E-state index contributed by atoms with van der Waals surface area (Å²) in [7, 11) is 1.50. The van der Waals surface area contributed by atoms with Gasteiger partial charge in [-0.05, 0) is 19.2 Å². The van der Waals surface area contributed by atoms with E-state index in [9.17, 15) is 4.79 Å². The Bertz CT molecular complexity index is 308. The number of hydrogen-bond donors (Lipinski definition) is 1. The van der Waals surface area contributed by atoms with Crippen molar-refractivity contribution in [2.75, 3.05) is 38.3 Å². The van der Waals surface area contributed by atoms with Crippen LogP contribution < -0.4 is 10.6 Å². The highest BCUT2D eigenvalue weighted by molar-refractivity contribution is 5.74. The lowest BCUT2D eigenvalue weighted by Gasteiger charge is -2.27. The number of hydrogen-bond acceptors (Lipinski definition) is 5. The first-order valence-electron chi connectivity index (χ1n) is 5.22. The zero-order chi connectivity index (χ0) is 11.8. The zero-order valence-electron chi connectivity index (χ0n) is 9.43. The maximum atomic E-state index is 10.4. The Morgan fingerprint density at radius 2 is 2.06 bits per heavy atom. The molecule has 0 aliphatic carbocycles. The molecule has 16 heavy (non-hydrogen) atoms. The number of morpholine rings is 1. The Morgan fingerprint density at radius 1 is 1.38 bits per heavy atom. The van der Waals surface area contributed by atoms with Crippen LogP contribution in [-0.2, 0) is 4.74 Å². The number of carbonyl (C=O) groups is 1. The topological polar surface area (TPSA) is 68.5 Å². The number of aromatic nitrogens is 1. The first kappa shape index (κ1) is 12.6. The standard InChI is InChI=1S/C10H12N2O2.CH5N/c13-8-9-1-2-10(11-7-9)12-3-5-14-6-4-12;1-2/h1-2,7-8H,3-6H2;2H2,1H3. The van der Waals surface area contributed by atoms with E-state index in [1.54, 1.807) is 12.3 Å². The summed E-state index contributed by atoms with van der Waals surface area (Å²) in [5, 5.41) is 0. The van der Waals surface area contributed by atoms with E-state index >= 15 is 0 Å². The van der Waals surface area contributed by atoms with Crippen molar-refractivity contribution in [2.45, 2.75) is 0 Å². The van der Waals surface area contributed by atoms with Gasteiger partial charge in [0.1, 0.15) is 5.82 Å². The minimum absolute atomic E-state index is 0.613. The first-order valence-corrected chi connectivity index (χ1v) is 5.22. The van der Waals surface area contributed by atoms with E-state index < -0.39 is 0 Å². The highest BCUT2D eigenvalue weighted by Gasteiger charge is 2.11. The van der Waals surface area contributed by atoms with E-state index in [0.29, 0.717) is 5.56 Å². The molecule has 1 saturated heterocycles. The molecule has 1 aromatic heterocycles. The van der Waals surface area contributed by atoms with E-state index in [2.05, 4.69) is 15.6 Å². The van der Waals surface area contributed by atoms with Gasteiger partial charge in [-0.15, -0.1) is 0 Å². The van der Waals surface area contributed by atoms with Crippen molar-refractivity contribution in [3.8, 4) is 0 Å². The van der Waals surface area contributed by atoms with Gasteiger partial charge in [-0.3, -0.25) is 4.79 Å². The molecule has 2 rings (SSSR count). The maximum Gasteiger partial charge on any atom is 0.151 e. The van der Waals surface area contributed by atoms with E-state index in [0.717, 1.165) is 38.4 Å². The second-order valence-electron chi connectivity index (χ2n) is 3.17. The van der Waals surface area contributed by atoms with Crippen molar-refractivity contribution in [1.29, 1.82) is 0 Å². The van der Waals surface area contributed by atoms with Crippen LogP contribution in [0.5, 0.6) is 0 Å². The molecule has 0 bridgehead atoms. The van der Waals surface area contributed by atoms with Crippen molar-refractivity contribution in [1.82, 2.24) is 4.98 Å². The van der Waals surface area contributed by atoms with Crippen LogP contribution in [0.1, 0.15) is 10.4 Å². The summed E-state index contributed by atoms with van der Waals surface area (Å²) in [6, 6.07) is 3.65. The summed E-state index contributed by atoms with van der Waals surface area (Å²) >= 11 is 0. The van der Waals surface area contributed by atoms with Gasteiger partial charge in [-0.2, -0.15) is 0 Å². The Hall–Kier alpha value is -1.46. The highest BCUT2D eigenvalue weighted by atomic mass is 16.5. The molecule has 0 unspecified atom stereocenters. The molecule has 5 nitrogen and oxygen atoms in total. The van der Waals surface area contributed by atoms with Crippen molar-refractivity contribution < 1.29 is 9.53 Å². The summed E-state index contributed by atoms with van der Waals surface area (Å²) in [5.74, 6) is 0.916. The summed E-state index contributed by atoms with van der Waals surface area (Å²) < 4.78 is 5.24. The van der Waals surface area contributed by atoms with E-state index in [4.69, 9.17) is 4.74 Å². The second-order valence-corrected chi connectivity index (χ2v) is 3.17. The van der Waals surface area contributed by atoms with Crippen LogP contribution >= 0.6 is 0 Å². The quantitative estimate of drug-likeness (QED) is 0.731. The zero-order valence-corrected chi connectivity index (χ0v) is 9.43. The van der Waals surface area contributed by atoms with Crippen molar-refractivity contribution in [2.24, 2.45) is 5.73 Å². The summed E-state index contributed by atoms with van der Waals surface area (Å²) in [6.07, 6.45) is 2.40. The minimum Gasteiger partial charge on any atom is -0.378 e. The molecular formula is C11H17N3O2. The van der Waals surface area contributed by atoms with Crippen molar-refractivity contribution in [3.63, 3.8) is 0 Å². The van der Waals surface area contributed by atoms with E-state index in [1.807, 2.05) is 6.07 Å². The summed E-state index contributed by atoms with van der Waals surface area (Å²) in [6.45, 7) is 3.23. The number of nitrogens with zero attached hydrogens (tertiary/aromatic N) is 2. The Labute approximate surface area is 95.2 Å². The lowest BCUT2D eigenvalue weighted by atomic mass is 10.3. The number of pyridine rings is 1. The van der Waals surface area contributed by atoms with Gasteiger partial charge in [0, 0.05) is 24.8 Å². The Balaban J connectivity index is 0.000000606. The molecule has 88 valence electrons. The number of nitrogens with two attached hydrogens (primary N) is 1. The lowest BCUT2D eigenvalue weighted by molar-refractivity contribution is 0.112. The molecule has 1 fully saturated rings. The third-order valence-electron chi connectivity index (χ3n) is 2.24. The average Bonchev–Trinajstić information content (AvgIpc) is 2.42. The van der Waals surface area contributed by atoms with Crippen LogP contribution in [0.3, 0.4) is 0 Å².